The normalized spacial score (nSPS) is 23.3. The van der Waals surface area contributed by atoms with Crippen molar-refractivity contribution in [3.05, 3.63) is 42.1 Å². The van der Waals surface area contributed by atoms with Gasteiger partial charge in [0, 0.05) is 55.7 Å². The Balaban J connectivity index is 1.41. The Morgan fingerprint density at radius 3 is 3.04 bits per heavy atom. The van der Waals surface area contributed by atoms with Crippen LogP contribution in [0.3, 0.4) is 0 Å². The summed E-state index contributed by atoms with van der Waals surface area (Å²) >= 11 is 0. The molecule has 5 nitrogen and oxygen atoms in total. The number of nitrogens with one attached hydrogen (secondary N) is 1. The van der Waals surface area contributed by atoms with Crippen LogP contribution in [0.5, 0.6) is 0 Å². The standard InChI is InChI=1S/C21H28N4O/c1-2-22-20(25-13-10-21(15-25)11-14-26-16-21)23-12-9-18-8-7-17-5-3-4-6-19(17)24-18/h3-8H,2,9-16H2,1H3,(H,22,23). The quantitative estimate of drug-likeness (QED) is 0.679. The van der Waals surface area contributed by atoms with Crippen molar-refractivity contribution in [3.8, 4) is 0 Å². The number of nitrogens with zero attached hydrogens (tertiary/aromatic N) is 3. The number of pyridine rings is 1. The van der Waals surface area contributed by atoms with Gasteiger partial charge in [0.2, 0.25) is 0 Å². The molecule has 3 heterocycles. The number of hydrogen-bond acceptors (Lipinski definition) is 3. The van der Waals surface area contributed by atoms with Crippen molar-refractivity contribution in [2.24, 2.45) is 10.4 Å². The van der Waals surface area contributed by atoms with Gasteiger partial charge < -0.3 is 15.0 Å². The van der Waals surface area contributed by atoms with E-state index in [1.165, 1.54) is 18.2 Å². The monoisotopic (exact) mass is 352 g/mol. The van der Waals surface area contributed by atoms with Crippen LogP contribution in [0.2, 0.25) is 0 Å². The number of ether oxygens (including phenoxy) is 1. The van der Waals surface area contributed by atoms with Gasteiger partial charge in [0.15, 0.2) is 5.96 Å². The van der Waals surface area contributed by atoms with E-state index < -0.39 is 0 Å². The summed E-state index contributed by atoms with van der Waals surface area (Å²) in [6.45, 7) is 7.74. The highest BCUT2D eigenvalue weighted by Gasteiger charge is 2.42. The maximum absolute atomic E-state index is 5.65. The number of benzene rings is 1. The van der Waals surface area contributed by atoms with E-state index in [4.69, 9.17) is 14.7 Å². The zero-order valence-electron chi connectivity index (χ0n) is 15.6. The van der Waals surface area contributed by atoms with Crippen molar-refractivity contribution in [1.29, 1.82) is 0 Å². The first-order valence-electron chi connectivity index (χ1n) is 9.74. The van der Waals surface area contributed by atoms with E-state index in [0.717, 1.165) is 63.0 Å². The van der Waals surface area contributed by atoms with Gasteiger partial charge in [-0.1, -0.05) is 24.3 Å². The van der Waals surface area contributed by atoms with Crippen molar-refractivity contribution in [2.45, 2.75) is 26.2 Å². The second-order valence-electron chi connectivity index (χ2n) is 7.46. The molecule has 4 rings (SSSR count). The van der Waals surface area contributed by atoms with E-state index in [2.05, 4.69) is 47.5 Å². The van der Waals surface area contributed by atoms with Gasteiger partial charge in [0.25, 0.3) is 0 Å². The summed E-state index contributed by atoms with van der Waals surface area (Å²) in [4.78, 5) is 12.0. The van der Waals surface area contributed by atoms with Gasteiger partial charge in [-0.05, 0) is 31.9 Å². The summed E-state index contributed by atoms with van der Waals surface area (Å²) < 4.78 is 5.65. The van der Waals surface area contributed by atoms with Crippen molar-refractivity contribution in [1.82, 2.24) is 15.2 Å². The van der Waals surface area contributed by atoms with Crippen LogP contribution in [0, 0.1) is 5.41 Å². The lowest BCUT2D eigenvalue weighted by atomic mass is 9.87. The molecular weight excluding hydrogens is 324 g/mol. The molecule has 2 saturated heterocycles. The van der Waals surface area contributed by atoms with Crippen LogP contribution in [0.15, 0.2) is 41.4 Å². The molecule has 26 heavy (non-hydrogen) atoms. The van der Waals surface area contributed by atoms with E-state index in [0.29, 0.717) is 5.41 Å². The maximum atomic E-state index is 5.65. The summed E-state index contributed by atoms with van der Waals surface area (Å²) in [5, 5.41) is 4.65. The molecule has 1 aromatic heterocycles. The third-order valence-corrected chi connectivity index (χ3v) is 5.54. The molecular formula is C21H28N4O. The van der Waals surface area contributed by atoms with Gasteiger partial charge in [-0.25, -0.2) is 0 Å². The number of aliphatic imine (C=N–C) groups is 1. The van der Waals surface area contributed by atoms with Crippen LogP contribution in [0.4, 0.5) is 0 Å². The Morgan fingerprint density at radius 1 is 1.27 bits per heavy atom. The predicted molar refractivity (Wildman–Crippen MR) is 105 cm³/mol. The Labute approximate surface area is 155 Å². The molecule has 0 radical (unpaired) electrons. The smallest absolute Gasteiger partial charge is 0.193 e. The highest BCUT2D eigenvalue weighted by atomic mass is 16.5. The van der Waals surface area contributed by atoms with E-state index in [1.54, 1.807) is 0 Å². The molecule has 2 aromatic rings. The van der Waals surface area contributed by atoms with E-state index in [-0.39, 0.29) is 0 Å². The van der Waals surface area contributed by atoms with Crippen LogP contribution in [-0.2, 0) is 11.2 Å². The fourth-order valence-corrected chi connectivity index (χ4v) is 4.04. The van der Waals surface area contributed by atoms with Gasteiger partial charge >= 0.3 is 0 Å². The van der Waals surface area contributed by atoms with Crippen molar-refractivity contribution in [3.63, 3.8) is 0 Å². The Morgan fingerprint density at radius 2 is 2.19 bits per heavy atom. The molecule has 2 fully saturated rings. The Bertz CT molecular complexity index is 782. The number of para-hydroxylation sites is 1. The summed E-state index contributed by atoms with van der Waals surface area (Å²) in [6, 6.07) is 12.5. The largest absolute Gasteiger partial charge is 0.381 e. The molecule has 1 N–H and O–H groups in total. The number of fused-ring (bicyclic) bond motifs is 1. The average molecular weight is 352 g/mol. The second kappa shape index (κ2) is 7.62. The molecule has 1 spiro atoms. The molecule has 138 valence electrons. The van der Waals surface area contributed by atoms with Gasteiger partial charge in [0.05, 0.1) is 12.1 Å². The van der Waals surface area contributed by atoms with E-state index in [1.807, 2.05) is 6.07 Å². The maximum Gasteiger partial charge on any atom is 0.193 e. The van der Waals surface area contributed by atoms with Crippen LogP contribution in [-0.4, -0.2) is 55.2 Å². The van der Waals surface area contributed by atoms with Gasteiger partial charge in [-0.2, -0.15) is 0 Å². The minimum absolute atomic E-state index is 0.357. The summed E-state index contributed by atoms with van der Waals surface area (Å²) in [5.41, 5.74) is 2.52. The Kier molecular flexibility index (Phi) is 5.07. The minimum Gasteiger partial charge on any atom is -0.381 e. The first-order valence-corrected chi connectivity index (χ1v) is 9.74. The fraction of sp³-hybridized carbons (Fsp3) is 0.524. The lowest BCUT2D eigenvalue weighted by molar-refractivity contribution is 0.156. The summed E-state index contributed by atoms with van der Waals surface area (Å²) in [5.74, 6) is 1.04. The van der Waals surface area contributed by atoms with Crippen molar-refractivity contribution < 1.29 is 4.74 Å². The van der Waals surface area contributed by atoms with Crippen molar-refractivity contribution in [2.75, 3.05) is 39.4 Å². The van der Waals surface area contributed by atoms with Crippen LogP contribution < -0.4 is 5.32 Å². The molecule has 2 aliphatic heterocycles. The Hall–Kier alpha value is -2.14. The van der Waals surface area contributed by atoms with Crippen LogP contribution in [0.25, 0.3) is 10.9 Å². The number of aromatic nitrogens is 1. The van der Waals surface area contributed by atoms with Crippen molar-refractivity contribution >= 4 is 16.9 Å². The molecule has 2 aliphatic rings. The average Bonchev–Trinajstić information content (AvgIpc) is 3.31. The lowest BCUT2D eigenvalue weighted by Gasteiger charge is -2.25. The van der Waals surface area contributed by atoms with Gasteiger partial charge in [-0.3, -0.25) is 9.98 Å². The zero-order valence-corrected chi connectivity index (χ0v) is 15.6. The third-order valence-electron chi connectivity index (χ3n) is 5.54. The minimum atomic E-state index is 0.357. The molecule has 0 bridgehead atoms. The second-order valence-corrected chi connectivity index (χ2v) is 7.46. The van der Waals surface area contributed by atoms with E-state index >= 15 is 0 Å². The molecule has 0 amide bonds. The van der Waals surface area contributed by atoms with Crippen LogP contribution >= 0.6 is 0 Å². The predicted octanol–water partition coefficient (Wildman–Crippen LogP) is 2.86. The molecule has 1 atom stereocenters. The summed E-state index contributed by atoms with van der Waals surface area (Å²) in [7, 11) is 0. The molecule has 0 aliphatic carbocycles. The highest BCUT2D eigenvalue weighted by Crippen LogP contribution is 2.38. The molecule has 1 aromatic carbocycles. The number of hydrogen-bond donors (Lipinski definition) is 1. The van der Waals surface area contributed by atoms with Crippen LogP contribution in [0.1, 0.15) is 25.5 Å². The fourth-order valence-electron chi connectivity index (χ4n) is 4.04. The summed E-state index contributed by atoms with van der Waals surface area (Å²) in [6.07, 6.45) is 3.26. The van der Waals surface area contributed by atoms with Gasteiger partial charge in [-0.15, -0.1) is 0 Å². The first kappa shape index (κ1) is 17.3. The SMILES string of the molecule is CCNC(=NCCc1ccc2ccccc2n1)N1CCC2(CCOC2)C1. The lowest BCUT2D eigenvalue weighted by Crippen LogP contribution is -2.41. The number of likely N-dealkylation sites (tertiary alicyclic amines) is 1. The zero-order chi connectivity index (χ0) is 17.8. The highest BCUT2D eigenvalue weighted by molar-refractivity contribution is 5.80. The molecule has 5 heteroatoms. The van der Waals surface area contributed by atoms with E-state index in [9.17, 15) is 0 Å². The first-order chi connectivity index (χ1) is 12.8. The molecule has 1 unspecified atom stereocenters. The molecule has 0 saturated carbocycles. The number of rotatable bonds is 4. The van der Waals surface area contributed by atoms with Gasteiger partial charge in [0.1, 0.15) is 0 Å². The topological polar surface area (TPSA) is 49.8 Å². The third kappa shape index (κ3) is 3.68. The number of guanidine groups is 1.